The van der Waals surface area contributed by atoms with Crippen LogP contribution in [0.15, 0.2) is 35.6 Å². The molecule has 0 bridgehead atoms. The molecule has 3 rings (SSSR count). The minimum absolute atomic E-state index is 0. The summed E-state index contributed by atoms with van der Waals surface area (Å²) in [5.41, 5.74) is 2.32. The van der Waals surface area contributed by atoms with Crippen LogP contribution in [0.2, 0.25) is 0 Å². The third-order valence-corrected chi connectivity index (χ3v) is 3.59. The number of rotatable bonds is 5. The summed E-state index contributed by atoms with van der Waals surface area (Å²) >= 11 is 0. The normalized spacial score (nSPS) is 12.7. The number of hydrogen-bond donors (Lipinski definition) is 2. The first-order valence-corrected chi connectivity index (χ1v) is 7.55. The van der Waals surface area contributed by atoms with Gasteiger partial charge in [0.2, 0.25) is 6.79 Å². The summed E-state index contributed by atoms with van der Waals surface area (Å²) in [4.78, 5) is 4.23. The first-order chi connectivity index (χ1) is 11.2. The molecule has 0 saturated heterocycles. The Morgan fingerprint density at radius 1 is 1.25 bits per heavy atom. The number of halogens is 1. The molecule has 24 heavy (non-hydrogen) atoms. The molecule has 1 aromatic heterocycles. The number of guanidine groups is 1. The topological polar surface area (TPSA) is 72.7 Å². The highest BCUT2D eigenvalue weighted by Gasteiger charge is 2.13. The standard InChI is InChI=1S/C16H21N5O2.HI/c1-17-16(18-6-5-13-9-20-21(2)10-13)19-8-12-3-4-14-15(7-12)23-11-22-14;/h3-4,7,9-10H,5-6,8,11H2,1-2H3,(H2,17,18,19);1H. The van der Waals surface area contributed by atoms with Crippen molar-refractivity contribution < 1.29 is 9.47 Å². The van der Waals surface area contributed by atoms with Crippen LogP contribution in [0.5, 0.6) is 11.5 Å². The summed E-state index contributed by atoms with van der Waals surface area (Å²) < 4.78 is 12.5. The lowest BCUT2D eigenvalue weighted by Gasteiger charge is -2.11. The Bertz CT molecular complexity index is 702. The summed E-state index contributed by atoms with van der Waals surface area (Å²) in [6.07, 6.45) is 4.80. The zero-order chi connectivity index (χ0) is 16.1. The molecule has 0 atom stereocenters. The highest BCUT2D eigenvalue weighted by Crippen LogP contribution is 2.32. The van der Waals surface area contributed by atoms with Gasteiger partial charge in [0.25, 0.3) is 0 Å². The van der Waals surface area contributed by atoms with E-state index in [4.69, 9.17) is 9.47 Å². The smallest absolute Gasteiger partial charge is 0.231 e. The van der Waals surface area contributed by atoms with Crippen molar-refractivity contribution in [3.05, 3.63) is 41.7 Å². The maximum atomic E-state index is 5.38. The molecular formula is C16H22IN5O2. The highest BCUT2D eigenvalue weighted by molar-refractivity contribution is 14.0. The quantitative estimate of drug-likeness (QED) is 0.418. The Kier molecular flexibility index (Phi) is 6.71. The molecule has 8 heteroatoms. The molecule has 1 aliphatic rings. The van der Waals surface area contributed by atoms with Crippen molar-refractivity contribution in [2.24, 2.45) is 12.0 Å². The van der Waals surface area contributed by atoms with Crippen LogP contribution in [0.1, 0.15) is 11.1 Å². The van der Waals surface area contributed by atoms with Crippen LogP contribution in [0, 0.1) is 0 Å². The lowest BCUT2D eigenvalue weighted by atomic mass is 10.2. The average molecular weight is 443 g/mol. The number of nitrogens with zero attached hydrogens (tertiary/aromatic N) is 3. The Hall–Kier alpha value is -1.97. The van der Waals surface area contributed by atoms with Gasteiger partial charge in [0.1, 0.15) is 0 Å². The van der Waals surface area contributed by atoms with Gasteiger partial charge in [0.05, 0.1) is 6.20 Å². The molecule has 7 nitrogen and oxygen atoms in total. The number of ether oxygens (including phenoxy) is 2. The van der Waals surface area contributed by atoms with Gasteiger partial charge < -0.3 is 20.1 Å². The average Bonchev–Trinajstić information content (AvgIpc) is 3.18. The van der Waals surface area contributed by atoms with Crippen LogP contribution in [0.25, 0.3) is 0 Å². The van der Waals surface area contributed by atoms with Crippen LogP contribution < -0.4 is 20.1 Å². The Morgan fingerprint density at radius 2 is 2.08 bits per heavy atom. The summed E-state index contributed by atoms with van der Waals surface area (Å²) in [6.45, 7) is 1.76. The zero-order valence-corrected chi connectivity index (χ0v) is 16.1. The highest BCUT2D eigenvalue weighted by atomic mass is 127. The Balaban J connectivity index is 0.00000208. The number of aliphatic imine (C=N–C) groups is 1. The maximum absolute atomic E-state index is 5.38. The number of aryl methyl sites for hydroxylation is 1. The largest absolute Gasteiger partial charge is 0.454 e. The summed E-state index contributed by atoms with van der Waals surface area (Å²) in [6, 6.07) is 5.93. The van der Waals surface area contributed by atoms with Crippen LogP contribution in [0.3, 0.4) is 0 Å². The Morgan fingerprint density at radius 3 is 2.83 bits per heavy atom. The van der Waals surface area contributed by atoms with Crippen LogP contribution in [-0.4, -0.2) is 36.1 Å². The van der Waals surface area contributed by atoms with E-state index in [1.54, 1.807) is 7.05 Å². The fraction of sp³-hybridized carbons (Fsp3) is 0.375. The van der Waals surface area contributed by atoms with Crippen molar-refractivity contribution >= 4 is 29.9 Å². The summed E-state index contributed by atoms with van der Waals surface area (Å²) in [7, 11) is 3.68. The molecule has 2 heterocycles. The summed E-state index contributed by atoms with van der Waals surface area (Å²) in [5.74, 6) is 2.36. The SMILES string of the molecule is CN=C(NCCc1cnn(C)c1)NCc1ccc2c(c1)OCO2.I. The van der Waals surface area contributed by atoms with Gasteiger partial charge in [-0.2, -0.15) is 5.10 Å². The predicted molar refractivity (Wildman–Crippen MR) is 103 cm³/mol. The first kappa shape index (κ1) is 18.4. The molecule has 130 valence electrons. The van der Waals surface area contributed by atoms with Gasteiger partial charge in [-0.3, -0.25) is 9.67 Å². The van der Waals surface area contributed by atoms with E-state index in [9.17, 15) is 0 Å². The summed E-state index contributed by atoms with van der Waals surface area (Å²) in [5, 5.41) is 10.7. The second kappa shape index (κ2) is 8.76. The molecule has 2 aromatic rings. The van der Waals surface area contributed by atoms with Gasteiger partial charge in [-0.15, -0.1) is 24.0 Å². The van der Waals surface area contributed by atoms with Crippen LogP contribution >= 0.6 is 24.0 Å². The minimum atomic E-state index is 0. The van der Waals surface area contributed by atoms with Crippen molar-refractivity contribution in [1.29, 1.82) is 0 Å². The molecule has 0 fully saturated rings. The van der Waals surface area contributed by atoms with Crippen molar-refractivity contribution in [2.45, 2.75) is 13.0 Å². The fourth-order valence-corrected chi connectivity index (χ4v) is 2.38. The molecule has 0 aliphatic carbocycles. The third-order valence-electron chi connectivity index (χ3n) is 3.59. The first-order valence-electron chi connectivity index (χ1n) is 7.55. The fourth-order valence-electron chi connectivity index (χ4n) is 2.38. The molecule has 2 N–H and O–H groups in total. The van der Waals surface area contributed by atoms with E-state index < -0.39 is 0 Å². The van der Waals surface area contributed by atoms with Gasteiger partial charge in [-0.25, -0.2) is 0 Å². The van der Waals surface area contributed by atoms with Crippen LogP contribution in [0.4, 0.5) is 0 Å². The molecular weight excluding hydrogens is 421 g/mol. The molecule has 0 unspecified atom stereocenters. The monoisotopic (exact) mass is 443 g/mol. The third kappa shape index (κ3) is 4.76. The molecule has 0 saturated carbocycles. The van der Waals surface area contributed by atoms with E-state index in [0.717, 1.165) is 36.0 Å². The van der Waals surface area contributed by atoms with E-state index in [1.165, 1.54) is 5.56 Å². The molecule has 1 aromatic carbocycles. The second-order valence-electron chi connectivity index (χ2n) is 5.31. The van der Waals surface area contributed by atoms with E-state index >= 15 is 0 Å². The van der Waals surface area contributed by atoms with Crippen molar-refractivity contribution in [3.63, 3.8) is 0 Å². The van der Waals surface area contributed by atoms with Gasteiger partial charge in [0.15, 0.2) is 17.5 Å². The lowest BCUT2D eigenvalue weighted by molar-refractivity contribution is 0.174. The zero-order valence-electron chi connectivity index (χ0n) is 13.8. The van der Waals surface area contributed by atoms with Gasteiger partial charge in [0, 0.05) is 33.4 Å². The predicted octanol–water partition coefficient (Wildman–Crippen LogP) is 1.67. The van der Waals surface area contributed by atoms with Crippen LogP contribution in [-0.2, 0) is 20.0 Å². The molecule has 0 spiro atoms. The number of benzene rings is 1. The van der Waals surface area contributed by atoms with Crippen molar-refractivity contribution in [2.75, 3.05) is 20.4 Å². The van der Waals surface area contributed by atoms with E-state index in [0.29, 0.717) is 13.3 Å². The lowest BCUT2D eigenvalue weighted by Crippen LogP contribution is -2.37. The molecule has 0 amide bonds. The van der Waals surface area contributed by atoms with E-state index in [1.807, 2.05) is 42.3 Å². The van der Waals surface area contributed by atoms with E-state index in [-0.39, 0.29) is 24.0 Å². The molecule has 0 radical (unpaired) electrons. The maximum Gasteiger partial charge on any atom is 0.231 e. The second-order valence-corrected chi connectivity index (χ2v) is 5.31. The number of aromatic nitrogens is 2. The minimum Gasteiger partial charge on any atom is -0.454 e. The van der Waals surface area contributed by atoms with Gasteiger partial charge in [-0.1, -0.05) is 6.07 Å². The van der Waals surface area contributed by atoms with Crippen molar-refractivity contribution in [3.8, 4) is 11.5 Å². The van der Waals surface area contributed by atoms with Crippen molar-refractivity contribution in [1.82, 2.24) is 20.4 Å². The molecule has 1 aliphatic heterocycles. The van der Waals surface area contributed by atoms with E-state index in [2.05, 4.69) is 20.7 Å². The number of fused-ring (bicyclic) bond motifs is 1. The number of hydrogen-bond acceptors (Lipinski definition) is 4. The van der Waals surface area contributed by atoms with Gasteiger partial charge >= 0.3 is 0 Å². The number of nitrogens with one attached hydrogen (secondary N) is 2. The Labute approximate surface area is 158 Å². The van der Waals surface area contributed by atoms with Gasteiger partial charge in [-0.05, 0) is 29.7 Å².